The van der Waals surface area contributed by atoms with Crippen molar-refractivity contribution in [1.29, 1.82) is 0 Å². The summed E-state index contributed by atoms with van der Waals surface area (Å²) in [5, 5.41) is 3.12. The van der Waals surface area contributed by atoms with Crippen LogP contribution in [-0.2, 0) is 19.1 Å². The average molecular weight is 507 g/mol. The van der Waals surface area contributed by atoms with Gasteiger partial charge < -0.3 is 18.9 Å². The maximum absolute atomic E-state index is 12.2. The number of halogens is 2. The van der Waals surface area contributed by atoms with E-state index >= 15 is 0 Å². The van der Waals surface area contributed by atoms with Crippen LogP contribution in [0.5, 0.6) is 11.5 Å². The number of carbonyl (C=O) groups is 2. The Bertz CT molecular complexity index is 1070. The molecule has 0 fully saturated rings. The van der Waals surface area contributed by atoms with Crippen molar-refractivity contribution in [2.75, 3.05) is 26.4 Å². The predicted molar refractivity (Wildman–Crippen MR) is 134 cm³/mol. The lowest BCUT2D eigenvalue weighted by atomic mass is 10.0. The fourth-order valence-electron chi connectivity index (χ4n) is 3.46. The minimum absolute atomic E-state index is 0.282. The van der Waals surface area contributed by atoms with E-state index in [1.54, 1.807) is 36.4 Å². The van der Waals surface area contributed by atoms with Crippen LogP contribution >= 0.6 is 23.2 Å². The van der Waals surface area contributed by atoms with Crippen molar-refractivity contribution in [3.63, 3.8) is 0 Å². The summed E-state index contributed by atoms with van der Waals surface area (Å²) >= 11 is 13.1. The van der Waals surface area contributed by atoms with E-state index in [1.807, 2.05) is 13.8 Å². The van der Waals surface area contributed by atoms with Gasteiger partial charge >= 0.3 is 11.9 Å². The SMILES string of the molecule is CCCCOC(=O)COc1c2cccc(Cl)c2c(OCC(=O)OCCCC)c2cccc(Cl)c12. The smallest absolute Gasteiger partial charge is 0.344 e. The summed E-state index contributed by atoms with van der Waals surface area (Å²) in [6.45, 7) is 4.15. The third-order valence-corrected chi connectivity index (χ3v) is 5.79. The number of hydrogen-bond acceptors (Lipinski definition) is 6. The Labute approximate surface area is 209 Å². The second-order valence-electron chi connectivity index (χ2n) is 7.71. The van der Waals surface area contributed by atoms with E-state index in [9.17, 15) is 9.59 Å². The topological polar surface area (TPSA) is 71.1 Å². The highest BCUT2D eigenvalue weighted by Crippen LogP contribution is 2.47. The summed E-state index contributed by atoms with van der Waals surface area (Å²) in [4.78, 5) is 24.4. The number of esters is 2. The zero-order valence-corrected chi connectivity index (χ0v) is 20.8. The van der Waals surface area contributed by atoms with Crippen LogP contribution < -0.4 is 9.47 Å². The number of carbonyl (C=O) groups excluding carboxylic acids is 2. The lowest BCUT2D eigenvalue weighted by molar-refractivity contribution is -0.146. The number of rotatable bonds is 12. The van der Waals surface area contributed by atoms with Gasteiger partial charge in [0.2, 0.25) is 0 Å². The van der Waals surface area contributed by atoms with E-state index in [2.05, 4.69) is 0 Å². The van der Waals surface area contributed by atoms with Crippen LogP contribution in [0.25, 0.3) is 21.5 Å². The first-order valence-electron chi connectivity index (χ1n) is 11.4. The van der Waals surface area contributed by atoms with Crippen LogP contribution in [0, 0.1) is 0 Å². The van der Waals surface area contributed by atoms with Gasteiger partial charge in [-0.2, -0.15) is 0 Å². The molecule has 0 bridgehead atoms. The molecule has 3 aromatic rings. The Hall–Kier alpha value is -2.70. The lowest BCUT2D eigenvalue weighted by Crippen LogP contribution is -2.17. The largest absolute Gasteiger partial charge is 0.481 e. The van der Waals surface area contributed by atoms with Crippen LogP contribution in [0.4, 0.5) is 0 Å². The lowest BCUT2D eigenvalue weighted by Gasteiger charge is -2.19. The molecule has 0 aliphatic rings. The van der Waals surface area contributed by atoms with E-state index < -0.39 is 11.9 Å². The third-order valence-electron chi connectivity index (χ3n) is 5.16. The Balaban J connectivity index is 2.01. The fraction of sp³-hybridized carbons (Fsp3) is 0.385. The van der Waals surface area contributed by atoms with Crippen molar-refractivity contribution in [3.8, 4) is 11.5 Å². The number of unbranched alkanes of at least 4 members (excludes halogenated alkanes) is 2. The molecule has 0 aliphatic carbocycles. The highest BCUT2D eigenvalue weighted by Gasteiger charge is 2.22. The van der Waals surface area contributed by atoms with Gasteiger partial charge in [-0.1, -0.05) is 74.2 Å². The van der Waals surface area contributed by atoms with E-state index in [0.29, 0.717) is 56.3 Å². The molecule has 0 unspecified atom stereocenters. The van der Waals surface area contributed by atoms with Crippen LogP contribution in [0.3, 0.4) is 0 Å². The van der Waals surface area contributed by atoms with Crippen molar-refractivity contribution in [1.82, 2.24) is 0 Å². The van der Waals surface area contributed by atoms with Gasteiger partial charge in [0.05, 0.1) is 23.3 Å². The van der Waals surface area contributed by atoms with Crippen LogP contribution in [0.2, 0.25) is 10.0 Å². The summed E-state index contributed by atoms with van der Waals surface area (Å²) in [7, 11) is 0. The third kappa shape index (κ3) is 6.24. The van der Waals surface area contributed by atoms with Crippen molar-refractivity contribution < 1.29 is 28.5 Å². The molecule has 0 atom stereocenters. The quantitative estimate of drug-likeness (QED) is 0.154. The van der Waals surface area contributed by atoms with Crippen molar-refractivity contribution in [3.05, 3.63) is 46.4 Å². The van der Waals surface area contributed by atoms with Gasteiger partial charge in [-0.25, -0.2) is 9.59 Å². The van der Waals surface area contributed by atoms with Crippen molar-refractivity contribution in [2.45, 2.75) is 39.5 Å². The van der Waals surface area contributed by atoms with Gasteiger partial charge in [-0.05, 0) is 25.0 Å². The molecule has 0 aliphatic heterocycles. The minimum Gasteiger partial charge on any atom is -0.481 e. The Morgan fingerprint density at radius 2 is 1.12 bits per heavy atom. The van der Waals surface area contributed by atoms with Crippen molar-refractivity contribution >= 4 is 56.7 Å². The molecule has 0 amide bonds. The van der Waals surface area contributed by atoms with E-state index in [1.165, 1.54) is 0 Å². The molecule has 3 aromatic carbocycles. The number of fused-ring (bicyclic) bond motifs is 2. The van der Waals surface area contributed by atoms with E-state index in [-0.39, 0.29) is 13.2 Å². The van der Waals surface area contributed by atoms with Crippen LogP contribution in [0.1, 0.15) is 39.5 Å². The summed E-state index contributed by atoms with van der Waals surface area (Å²) in [6.07, 6.45) is 3.41. The van der Waals surface area contributed by atoms with Gasteiger partial charge in [0, 0.05) is 21.5 Å². The second-order valence-corrected chi connectivity index (χ2v) is 8.52. The first-order chi connectivity index (χ1) is 16.5. The first-order valence-corrected chi connectivity index (χ1v) is 12.1. The molecule has 0 aromatic heterocycles. The van der Waals surface area contributed by atoms with Crippen molar-refractivity contribution in [2.24, 2.45) is 0 Å². The number of benzene rings is 3. The monoisotopic (exact) mass is 506 g/mol. The van der Waals surface area contributed by atoms with E-state index in [4.69, 9.17) is 42.1 Å². The highest BCUT2D eigenvalue weighted by atomic mass is 35.5. The molecule has 182 valence electrons. The second kappa shape index (κ2) is 12.7. The molecule has 0 heterocycles. The molecule has 0 radical (unpaired) electrons. The molecular weight excluding hydrogens is 479 g/mol. The molecule has 34 heavy (non-hydrogen) atoms. The predicted octanol–water partition coefficient (Wildman–Crippen LogP) is 6.74. The standard InChI is InChI=1S/C26H28Cl2O6/c1-3-5-13-31-21(29)15-33-25-17-9-7-12-20(28)24(17)26(18-10-8-11-19(27)23(18)25)34-16-22(30)32-14-6-4-2/h7-12H,3-6,13-16H2,1-2H3. The molecule has 8 heteroatoms. The fourth-order valence-corrected chi connectivity index (χ4v) is 3.98. The van der Waals surface area contributed by atoms with Gasteiger partial charge in [-0.15, -0.1) is 0 Å². The highest BCUT2D eigenvalue weighted by molar-refractivity contribution is 6.40. The average Bonchev–Trinajstić information content (AvgIpc) is 2.82. The summed E-state index contributed by atoms with van der Waals surface area (Å²) in [6, 6.07) is 10.6. The Morgan fingerprint density at radius 3 is 1.50 bits per heavy atom. The molecule has 0 saturated carbocycles. The molecule has 0 N–H and O–H groups in total. The zero-order valence-electron chi connectivity index (χ0n) is 19.3. The molecule has 0 saturated heterocycles. The maximum Gasteiger partial charge on any atom is 0.344 e. The van der Waals surface area contributed by atoms with Gasteiger partial charge in [0.25, 0.3) is 0 Å². The molecule has 6 nitrogen and oxygen atoms in total. The molecule has 3 rings (SSSR count). The Kier molecular flexibility index (Phi) is 9.66. The molecular formula is C26H28Cl2O6. The minimum atomic E-state index is -0.473. The summed E-state index contributed by atoms with van der Waals surface area (Å²) in [5.74, 6) is -0.162. The van der Waals surface area contributed by atoms with Crippen LogP contribution in [0.15, 0.2) is 36.4 Å². The maximum atomic E-state index is 12.2. The number of hydrogen-bond donors (Lipinski definition) is 0. The van der Waals surface area contributed by atoms with Gasteiger partial charge in [-0.3, -0.25) is 0 Å². The normalized spacial score (nSPS) is 10.9. The summed E-state index contributed by atoms with van der Waals surface area (Å²) in [5.41, 5.74) is 0. The zero-order chi connectivity index (χ0) is 24.5. The first kappa shape index (κ1) is 25.9. The van der Waals surface area contributed by atoms with Gasteiger partial charge in [0.15, 0.2) is 13.2 Å². The summed E-state index contributed by atoms with van der Waals surface area (Å²) < 4.78 is 22.3. The number of ether oxygens (including phenoxy) is 4. The molecule has 0 spiro atoms. The van der Waals surface area contributed by atoms with E-state index in [0.717, 1.165) is 25.7 Å². The van der Waals surface area contributed by atoms with Crippen LogP contribution in [-0.4, -0.2) is 38.4 Å². The Morgan fingerprint density at radius 1 is 0.706 bits per heavy atom. The van der Waals surface area contributed by atoms with Gasteiger partial charge in [0.1, 0.15) is 11.5 Å².